The Morgan fingerprint density at radius 1 is 1.05 bits per heavy atom. The molecule has 0 saturated heterocycles. The highest BCUT2D eigenvalue weighted by atomic mass is 14.9. The molecule has 1 aliphatic rings. The topological polar surface area (TPSA) is 12.0 Å². The van der Waals surface area contributed by atoms with E-state index in [-0.39, 0.29) is 0 Å². The molecule has 1 nitrogen and oxygen atoms in total. The minimum atomic E-state index is 1.18. The summed E-state index contributed by atoms with van der Waals surface area (Å²) in [4.78, 5) is 0. The fourth-order valence-electron chi connectivity index (χ4n) is 2.59. The van der Waals surface area contributed by atoms with E-state index in [1.165, 1.54) is 68.2 Å². The van der Waals surface area contributed by atoms with Crippen molar-refractivity contribution in [2.45, 2.75) is 72.1 Å². The Labute approximate surface area is 125 Å². The lowest BCUT2D eigenvalue weighted by atomic mass is 9.97. The summed E-state index contributed by atoms with van der Waals surface area (Å²) in [5.41, 5.74) is 4.29. The van der Waals surface area contributed by atoms with Gasteiger partial charge in [0.05, 0.1) is 0 Å². The second-order valence-corrected chi connectivity index (χ2v) is 5.49. The maximum absolute atomic E-state index is 3.50. The van der Waals surface area contributed by atoms with Gasteiger partial charge in [0.2, 0.25) is 0 Å². The number of nitrogens with one attached hydrogen (secondary N) is 1. The molecule has 0 saturated carbocycles. The van der Waals surface area contributed by atoms with Crippen molar-refractivity contribution in [2.24, 2.45) is 0 Å². The first kappa shape index (κ1) is 16.8. The van der Waals surface area contributed by atoms with E-state index >= 15 is 0 Å². The minimum absolute atomic E-state index is 1.18. The molecule has 0 amide bonds. The molecule has 0 fully saturated rings. The van der Waals surface area contributed by atoms with Gasteiger partial charge >= 0.3 is 0 Å². The van der Waals surface area contributed by atoms with E-state index in [1.54, 1.807) is 0 Å². The molecule has 1 heterocycles. The van der Waals surface area contributed by atoms with Gasteiger partial charge in [-0.1, -0.05) is 57.8 Å². The lowest BCUT2D eigenvalue weighted by Crippen LogP contribution is -2.10. The smallest absolute Gasteiger partial charge is 0.0441 e. The van der Waals surface area contributed by atoms with Gasteiger partial charge in [-0.15, -0.1) is 0 Å². The third-order valence-electron chi connectivity index (χ3n) is 3.82. The van der Waals surface area contributed by atoms with E-state index in [2.05, 4.69) is 56.6 Å². The van der Waals surface area contributed by atoms with Gasteiger partial charge in [0.1, 0.15) is 0 Å². The van der Waals surface area contributed by atoms with E-state index in [0.29, 0.717) is 0 Å². The number of allylic oxidation sites excluding steroid dienone is 6. The largest absolute Gasteiger partial charge is 0.361 e. The molecule has 0 atom stereocenters. The van der Waals surface area contributed by atoms with Crippen LogP contribution in [0.1, 0.15) is 72.1 Å². The molecule has 0 aliphatic carbocycles. The Hall–Kier alpha value is -1.24. The first-order valence-corrected chi connectivity index (χ1v) is 8.31. The molecule has 1 rings (SSSR count). The maximum Gasteiger partial charge on any atom is 0.0441 e. The fourth-order valence-corrected chi connectivity index (χ4v) is 2.59. The van der Waals surface area contributed by atoms with Crippen molar-refractivity contribution in [2.75, 3.05) is 0 Å². The number of hydrogen-bond acceptors (Lipinski definition) is 1. The molecular formula is C19H31N. The third-order valence-corrected chi connectivity index (χ3v) is 3.82. The van der Waals surface area contributed by atoms with Crippen LogP contribution in [0.5, 0.6) is 0 Å². The number of rotatable bonds is 9. The Balaban J connectivity index is 2.79. The summed E-state index contributed by atoms with van der Waals surface area (Å²) in [5.74, 6) is 0. The van der Waals surface area contributed by atoms with Crippen LogP contribution < -0.4 is 5.32 Å². The van der Waals surface area contributed by atoms with Crippen molar-refractivity contribution in [1.29, 1.82) is 0 Å². The van der Waals surface area contributed by atoms with Gasteiger partial charge in [-0.2, -0.15) is 0 Å². The summed E-state index contributed by atoms with van der Waals surface area (Å²) in [7, 11) is 0. The normalized spacial score (nSPS) is 15.4. The van der Waals surface area contributed by atoms with Crippen LogP contribution in [0.2, 0.25) is 0 Å². The van der Waals surface area contributed by atoms with Crippen molar-refractivity contribution in [3.8, 4) is 0 Å². The quantitative estimate of drug-likeness (QED) is 0.506. The molecule has 1 N–H and O–H groups in total. The molecule has 1 heteroatoms. The second kappa shape index (κ2) is 10.5. The summed E-state index contributed by atoms with van der Waals surface area (Å²) in [6.45, 7) is 6.69. The third kappa shape index (κ3) is 5.81. The van der Waals surface area contributed by atoms with Gasteiger partial charge < -0.3 is 5.32 Å². The van der Waals surface area contributed by atoms with Gasteiger partial charge in [0, 0.05) is 11.9 Å². The SMILES string of the molecule is CC=C(CCCCC)C1=C(CCCCC)C=CC=CN1. The lowest BCUT2D eigenvalue weighted by Gasteiger charge is -2.16. The molecule has 0 aromatic carbocycles. The van der Waals surface area contributed by atoms with Crippen molar-refractivity contribution < 1.29 is 0 Å². The molecule has 0 aromatic rings. The fraction of sp³-hybridized carbons (Fsp3) is 0.579. The van der Waals surface area contributed by atoms with Crippen LogP contribution in [0.3, 0.4) is 0 Å². The molecule has 0 radical (unpaired) electrons. The monoisotopic (exact) mass is 273 g/mol. The van der Waals surface area contributed by atoms with Crippen LogP contribution in [0.4, 0.5) is 0 Å². The maximum atomic E-state index is 3.50. The van der Waals surface area contributed by atoms with E-state index in [9.17, 15) is 0 Å². The molecule has 0 aromatic heterocycles. The highest BCUT2D eigenvalue weighted by Gasteiger charge is 2.09. The van der Waals surface area contributed by atoms with Crippen LogP contribution in [0.25, 0.3) is 0 Å². The molecule has 0 spiro atoms. The minimum Gasteiger partial charge on any atom is -0.361 e. The van der Waals surface area contributed by atoms with Gasteiger partial charge in [0.25, 0.3) is 0 Å². The van der Waals surface area contributed by atoms with Gasteiger partial charge in [-0.3, -0.25) is 0 Å². The summed E-state index contributed by atoms with van der Waals surface area (Å²) in [6.07, 6.45) is 21.0. The van der Waals surface area contributed by atoms with Crippen LogP contribution in [-0.4, -0.2) is 0 Å². The zero-order valence-electron chi connectivity index (χ0n) is 13.5. The molecule has 112 valence electrons. The van der Waals surface area contributed by atoms with Gasteiger partial charge in [0.15, 0.2) is 0 Å². The Bertz CT molecular complexity index is 383. The number of unbranched alkanes of at least 4 members (excludes halogenated alkanes) is 4. The average molecular weight is 273 g/mol. The standard InChI is InChI=1S/C19H31N/c1-4-7-9-13-17(6-3)19-18(14-10-8-5-2)15-11-12-16-20-19/h6,11-12,15-16,20H,4-5,7-10,13-14H2,1-3H3. The summed E-state index contributed by atoms with van der Waals surface area (Å²) in [5, 5.41) is 3.50. The van der Waals surface area contributed by atoms with Gasteiger partial charge in [-0.25, -0.2) is 0 Å². The second-order valence-electron chi connectivity index (χ2n) is 5.49. The summed E-state index contributed by atoms with van der Waals surface area (Å²) in [6, 6.07) is 0. The predicted molar refractivity (Wildman–Crippen MR) is 90.5 cm³/mol. The van der Waals surface area contributed by atoms with E-state index in [0.717, 1.165) is 0 Å². The zero-order chi connectivity index (χ0) is 14.6. The summed E-state index contributed by atoms with van der Waals surface area (Å²) < 4.78 is 0. The molecule has 1 aliphatic heterocycles. The highest BCUT2D eigenvalue weighted by Crippen LogP contribution is 2.24. The zero-order valence-corrected chi connectivity index (χ0v) is 13.5. The van der Waals surface area contributed by atoms with Gasteiger partial charge in [-0.05, 0) is 49.8 Å². The highest BCUT2D eigenvalue weighted by molar-refractivity contribution is 5.42. The van der Waals surface area contributed by atoms with Crippen molar-refractivity contribution >= 4 is 0 Å². The van der Waals surface area contributed by atoms with E-state index in [4.69, 9.17) is 0 Å². The summed E-state index contributed by atoms with van der Waals surface area (Å²) >= 11 is 0. The lowest BCUT2D eigenvalue weighted by molar-refractivity contribution is 0.699. The van der Waals surface area contributed by atoms with Crippen molar-refractivity contribution in [3.05, 3.63) is 47.3 Å². The first-order valence-electron chi connectivity index (χ1n) is 8.31. The van der Waals surface area contributed by atoms with Crippen LogP contribution in [0, 0.1) is 0 Å². The Kier molecular flexibility index (Phi) is 8.86. The van der Waals surface area contributed by atoms with Crippen LogP contribution >= 0.6 is 0 Å². The van der Waals surface area contributed by atoms with Crippen molar-refractivity contribution in [1.82, 2.24) is 5.32 Å². The van der Waals surface area contributed by atoms with Crippen LogP contribution in [-0.2, 0) is 0 Å². The van der Waals surface area contributed by atoms with E-state index in [1.807, 2.05) is 0 Å². The Morgan fingerprint density at radius 3 is 2.50 bits per heavy atom. The van der Waals surface area contributed by atoms with E-state index < -0.39 is 0 Å². The molecule has 0 unspecified atom stereocenters. The Morgan fingerprint density at radius 2 is 1.80 bits per heavy atom. The van der Waals surface area contributed by atoms with Crippen LogP contribution in [0.15, 0.2) is 47.3 Å². The molecular weight excluding hydrogens is 242 g/mol. The van der Waals surface area contributed by atoms with Crippen molar-refractivity contribution in [3.63, 3.8) is 0 Å². The molecule has 20 heavy (non-hydrogen) atoms. The number of hydrogen-bond donors (Lipinski definition) is 1. The first-order chi connectivity index (χ1) is 9.83. The molecule has 0 bridgehead atoms. The predicted octanol–water partition coefficient (Wildman–Crippen LogP) is 6.02. The average Bonchev–Trinajstić information content (AvgIpc) is 2.70.